The van der Waals surface area contributed by atoms with Crippen molar-refractivity contribution in [1.82, 2.24) is 0 Å². The first kappa shape index (κ1) is 12.0. The zero-order chi connectivity index (χ0) is 9.83. The summed E-state index contributed by atoms with van der Waals surface area (Å²) in [7, 11) is 0. The van der Waals surface area contributed by atoms with Gasteiger partial charge in [-0.15, -0.1) is 0 Å². The van der Waals surface area contributed by atoms with Gasteiger partial charge in [-0.1, -0.05) is 41.0 Å². The number of hydrogen-bond acceptors (Lipinski definition) is 1. The van der Waals surface area contributed by atoms with E-state index < -0.39 is 5.60 Å². The summed E-state index contributed by atoms with van der Waals surface area (Å²) in [6.45, 7) is 10.7. The van der Waals surface area contributed by atoms with Crippen LogP contribution < -0.4 is 0 Å². The van der Waals surface area contributed by atoms with Crippen LogP contribution >= 0.6 is 0 Å². The summed E-state index contributed by atoms with van der Waals surface area (Å²) in [5.41, 5.74) is -0.408. The van der Waals surface area contributed by atoms with Crippen LogP contribution in [0.2, 0.25) is 0 Å². The van der Waals surface area contributed by atoms with Crippen LogP contribution in [-0.4, -0.2) is 10.7 Å². The lowest BCUT2D eigenvalue weighted by Crippen LogP contribution is -2.43. The molecule has 0 heterocycles. The van der Waals surface area contributed by atoms with E-state index in [2.05, 4.69) is 34.6 Å². The molecule has 1 atom stereocenters. The van der Waals surface area contributed by atoms with Crippen LogP contribution in [0.15, 0.2) is 0 Å². The Morgan fingerprint density at radius 3 is 1.75 bits per heavy atom. The van der Waals surface area contributed by atoms with Crippen LogP contribution in [0.1, 0.15) is 60.3 Å². The molecular formula is C11H24O. The highest BCUT2D eigenvalue weighted by molar-refractivity contribution is 4.90. The van der Waals surface area contributed by atoms with Crippen molar-refractivity contribution in [1.29, 1.82) is 0 Å². The largest absolute Gasteiger partial charge is 0.389 e. The summed E-state index contributed by atoms with van der Waals surface area (Å²) in [6, 6.07) is 0. The SMILES string of the molecule is CCCC(O)(CC)C(C)(C)CC. The number of rotatable bonds is 5. The first-order valence-corrected chi connectivity index (χ1v) is 5.16. The second kappa shape index (κ2) is 4.27. The highest BCUT2D eigenvalue weighted by atomic mass is 16.3. The Labute approximate surface area is 77.2 Å². The van der Waals surface area contributed by atoms with E-state index in [0.717, 1.165) is 25.7 Å². The lowest BCUT2D eigenvalue weighted by atomic mass is 9.69. The quantitative estimate of drug-likeness (QED) is 0.674. The summed E-state index contributed by atoms with van der Waals surface area (Å²) in [4.78, 5) is 0. The summed E-state index contributed by atoms with van der Waals surface area (Å²) in [5.74, 6) is 0. The molecule has 0 amide bonds. The minimum Gasteiger partial charge on any atom is -0.389 e. The van der Waals surface area contributed by atoms with Gasteiger partial charge in [-0.05, 0) is 24.7 Å². The van der Waals surface area contributed by atoms with E-state index in [1.807, 2.05) is 0 Å². The van der Waals surface area contributed by atoms with E-state index in [9.17, 15) is 5.11 Å². The van der Waals surface area contributed by atoms with E-state index in [1.165, 1.54) is 0 Å². The molecule has 0 saturated carbocycles. The summed E-state index contributed by atoms with van der Waals surface area (Å²) in [6.07, 6.45) is 3.89. The van der Waals surface area contributed by atoms with E-state index in [-0.39, 0.29) is 5.41 Å². The van der Waals surface area contributed by atoms with Crippen molar-refractivity contribution in [2.45, 2.75) is 65.9 Å². The number of aliphatic hydroxyl groups is 1. The van der Waals surface area contributed by atoms with Gasteiger partial charge in [0.1, 0.15) is 0 Å². The first-order chi connectivity index (χ1) is 5.43. The third-order valence-corrected chi connectivity index (χ3v) is 3.39. The van der Waals surface area contributed by atoms with Crippen molar-refractivity contribution in [3.8, 4) is 0 Å². The van der Waals surface area contributed by atoms with Crippen LogP contribution in [0.25, 0.3) is 0 Å². The minimum absolute atomic E-state index is 0.0533. The minimum atomic E-state index is -0.462. The fourth-order valence-electron chi connectivity index (χ4n) is 1.74. The maximum atomic E-state index is 10.3. The van der Waals surface area contributed by atoms with E-state index in [4.69, 9.17) is 0 Å². The molecule has 1 unspecified atom stereocenters. The fourth-order valence-corrected chi connectivity index (χ4v) is 1.74. The van der Waals surface area contributed by atoms with Crippen LogP contribution in [0, 0.1) is 5.41 Å². The smallest absolute Gasteiger partial charge is 0.0695 e. The van der Waals surface area contributed by atoms with Gasteiger partial charge in [-0.2, -0.15) is 0 Å². The zero-order valence-corrected chi connectivity index (χ0v) is 9.28. The van der Waals surface area contributed by atoms with Gasteiger partial charge in [0.25, 0.3) is 0 Å². The summed E-state index contributed by atoms with van der Waals surface area (Å²) >= 11 is 0. The number of hydrogen-bond donors (Lipinski definition) is 1. The molecule has 0 radical (unpaired) electrons. The molecule has 0 bridgehead atoms. The first-order valence-electron chi connectivity index (χ1n) is 5.16. The van der Waals surface area contributed by atoms with Gasteiger partial charge in [-0.3, -0.25) is 0 Å². The molecule has 0 aliphatic rings. The van der Waals surface area contributed by atoms with Gasteiger partial charge in [0.15, 0.2) is 0 Å². The van der Waals surface area contributed by atoms with Crippen LogP contribution in [-0.2, 0) is 0 Å². The second-order valence-electron chi connectivity index (χ2n) is 4.37. The predicted octanol–water partition coefficient (Wildman–Crippen LogP) is 3.36. The summed E-state index contributed by atoms with van der Waals surface area (Å²) < 4.78 is 0. The Morgan fingerprint density at radius 1 is 1.00 bits per heavy atom. The van der Waals surface area contributed by atoms with Gasteiger partial charge in [0, 0.05) is 0 Å². The topological polar surface area (TPSA) is 20.2 Å². The highest BCUT2D eigenvalue weighted by Gasteiger charge is 2.39. The Hall–Kier alpha value is -0.0400. The molecule has 0 aromatic carbocycles. The van der Waals surface area contributed by atoms with Crippen molar-refractivity contribution in [2.24, 2.45) is 5.41 Å². The molecular weight excluding hydrogens is 148 g/mol. The highest BCUT2D eigenvalue weighted by Crippen LogP contribution is 2.39. The average Bonchev–Trinajstić information content (AvgIpc) is 2.04. The van der Waals surface area contributed by atoms with Gasteiger partial charge < -0.3 is 5.11 Å². The normalized spacial score (nSPS) is 17.5. The second-order valence-corrected chi connectivity index (χ2v) is 4.37. The van der Waals surface area contributed by atoms with Gasteiger partial charge in [-0.25, -0.2) is 0 Å². The molecule has 0 fully saturated rings. The molecule has 0 aliphatic heterocycles. The molecule has 1 heteroatoms. The van der Waals surface area contributed by atoms with Gasteiger partial charge in [0.2, 0.25) is 0 Å². The third kappa shape index (κ3) is 2.22. The van der Waals surface area contributed by atoms with Crippen LogP contribution in [0.3, 0.4) is 0 Å². The molecule has 1 nitrogen and oxygen atoms in total. The molecule has 0 aliphatic carbocycles. The molecule has 1 N–H and O–H groups in total. The molecule has 0 saturated heterocycles. The monoisotopic (exact) mass is 172 g/mol. The van der Waals surface area contributed by atoms with Crippen LogP contribution in [0.5, 0.6) is 0 Å². The van der Waals surface area contributed by atoms with Gasteiger partial charge in [0.05, 0.1) is 5.60 Å². The lowest BCUT2D eigenvalue weighted by Gasteiger charge is -2.42. The molecule has 12 heavy (non-hydrogen) atoms. The zero-order valence-electron chi connectivity index (χ0n) is 9.28. The Balaban J connectivity index is 4.49. The van der Waals surface area contributed by atoms with E-state index in [0.29, 0.717) is 0 Å². The molecule has 74 valence electrons. The Morgan fingerprint density at radius 2 is 1.50 bits per heavy atom. The van der Waals surface area contributed by atoms with Crippen molar-refractivity contribution in [3.05, 3.63) is 0 Å². The summed E-state index contributed by atoms with van der Waals surface area (Å²) in [5, 5.41) is 10.3. The van der Waals surface area contributed by atoms with Crippen molar-refractivity contribution in [3.63, 3.8) is 0 Å². The maximum absolute atomic E-state index is 10.3. The van der Waals surface area contributed by atoms with Crippen LogP contribution in [0.4, 0.5) is 0 Å². The van der Waals surface area contributed by atoms with Gasteiger partial charge >= 0.3 is 0 Å². The Kier molecular flexibility index (Phi) is 4.25. The molecule has 0 aromatic rings. The van der Waals surface area contributed by atoms with E-state index >= 15 is 0 Å². The predicted molar refractivity (Wildman–Crippen MR) is 54.2 cm³/mol. The third-order valence-electron chi connectivity index (χ3n) is 3.39. The maximum Gasteiger partial charge on any atom is 0.0695 e. The lowest BCUT2D eigenvalue weighted by molar-refractivity contribution is -0.0788. The fraction of sp³-hybridized carbons (Fsp3) is 1.00. The van der Waals surface area contributed by atoms with Crippen molar-refractivity contribution >= 4 is 0 Å². The molecule has 0 rings (SSSR count). The van der Waals surface area contributed by atoms with E-state index in [1.54, 1.807) is 0 Å². The van der Waals surface area contributed by atoms with Crippen molar-refractivity contribution < 1.29 is 5.11 Å². The molecule has 0 aromatic heterocycles. The molecule has 0 spiro atoms. The van der Waals surface area contributed by atoms with Crippen molar-refractivity contribution in [2.75, 3.05) is 0 Å². The average molecular weight is 172 g/mol. The Bertz CT molecular complexity index is 129. The standard InChI is InChI=1S/C11H24O/c1-6-9-11(12,8-3)10(4,5)7-2/h12H,6-9H2,1-5H3.